The van der Waals surface area contributed by atoms with Gasteiger partial charge in [0.25, 0.3) is 0 Å². The van der Waals surface area contributed by atoms with E-state index >= 15 is 0 Å². The predicted molar refractivity (Wildman–Crippen MR) is 77.5 cm³/mol. The fourth-order valence-electron chi connectivity index (χ4n) is 2.08. The molecule has 0 spiro atoms. The summed E-state index contributed by atoms with van der Waals surface area (Å²) in [5, 5.41) is 18.9. The maximum atomic E-state index is 9.97. The molecule has 0 aliphatic carbocycles. The number of hydrogen-bond acceptors (Lipinski definition) is 2. The Morgan fingerprint density at radius 2 is 2.05 bits per heavy atom. The van der Waals surface area contributed by atoms with Crippen LogP contribution in [0.25, 0.3) is 0 Å². The average Bonchev–Trinajstić information content (AvgIpc) is 2.82. The summed E-state index contributed by atoms with van der Waals surface area (Å²) < 4.78 is 2.13. The van der Waals surface area contributed by atoms with Crippen LogP contribution in [0.5, 0.6) is 0 Å². The second kappa shape index (κ2) is 6.77. The average molecular weight is 262 g/mol. The lowest BCUT2D eigenvalue weighted by Gasteiger charge is -2.14. The Labute approximate surface area is 116 Å². The first-order valence-corrected chi connectivity index (χ1v) is 7.11. The van der Waals surface area contributed by atoms with Crippen LogP contribution in [0.3, 0.4) is 0 Å². The Kier molecular flexibility index (Phi) is 5.62. The summed E-state index contributed by atoms with van der Waals surface area (Å²) >= 11 is 0. The third-order valence-corrected chi connectivity index (χ3v) is 3.52. The predicted octanol–water partition coefficient (Wildman–Crippen LogP) is 3.90. The fourth-order valence-corrected chi connectivity index (χ4v) is 2.08. The van der Waals surface area contributed by atoms with Crippen LogP contribution in [-0.4, -0.2) is 9.67 Å². The number of aliphatic hydroxyl groups is 1. The molecule has 0 radical (unpaired) electrons. The molecule has 3 heteroatoms. The van der Waals surface area contributed by atoms with Crippen LogP contribution in [0.2, 0.25) is 0 Å². The van der Waals surface area contributed by atoms with Gasteiger partial charge in [-0.25, -0.2) is 0 Å². The van der Waals surface area contributed by atoms with Gasteiger partial charge < -0.3 is 9.67 Å². The van der Waals surface area contributed by atoms with Crippen molar-refractivity contribution in [3.8, 4) is 6.07 Å². The summed E-state index contributed by atoms with van der Waals surface area (Å²) in [5.74, 6) is 0.243. The molecule has 1 rings (SSSR count). The van der Waals surface area contributed by atoms with E-state index in [1.165, 1.54) is 0 Å². The molecule has 19 heavy (non-hydrogen) atoms. The van der Waals surface area contributed by atoms with Crippen LogP contribution >= 0.6 is 0 Å². The number of nitriles is 1. The summed E-state index contributed by atoms with van der Waals surface area (Å²) in [7, 11) is 0. The maximum Gasteiger partial charge on any atom is 0.0827 e. The van der Waals surface area contributed by atoms with Gasteiger partial charge in [-0.3, -0.25) is 0 Å². The zero-order valence-electron chi connectivity index (χ0n) is 12.6. The molecule has 1 atom stereocenters. The second-order valence-corrected chi connectivity index (χ2v) is 6.32. The van der Waals surface area contributed by atoms with Gasteiger partial charge in [-0.15, -0.1) is 0 Å². The van der Waals surface area contributed by atoms with Gasteiger partial charge in [0, 0.05) is 18.9 Å². The van der Waals surface area contributed by atoms with E-state index in [0.29, 0.717) is 0 Å². The molecule has 0 saturated carbocycles. The van der Waals surface area contributed by atoms with Crippen LogP contribution in [0.15, 0.2) is 18.5 Å². The number of unbranched alkanes of at least 4 members (excludes halogenated alkanes) is 1. The van der Waals surface area contributed by atoms with Gasteiger partial charge in [0.15, 0.2) is 0 Å². The smallest absolute Gasteiger partial charge is 0.0827 e. The molecule has 1 aromatic heterocycles. The van der Waals surface area contributed by atoms with E-state index in [9.17, 15) is 5.11 Å². The topological polar surface area (TPSA) is 49.0 Å². The van der Waals surface area contributed by atoms with Crippen molar-refractivity contribution in [3.05, 3.63) is 24.0 Å². The van der Waals surface area contributed by atoms with Crippen LogP contribution in [0.1, 0.15) is 58.6 Å². The normalized spacial score (nSPS) is 13.5. The number of hydrogen-bond donors (Lipinski definition) is 1. The molecule has 1 unspecified atom stereocenters. The molecule has 1 heterocycles. The Bertz CT molecular complexity index is 426. The van der Waals surface area contributed by atoms with E-state index in [1.54, 1.807) is 0 Å². The summed E-state index contributed by atoms with van der Waals surface area (Å²) in [6.45, 7) is 8.96. The minimum atomic E-state index is -0.376. The van der Waals surface area contributed by atoms with E-state index in [1.807, 2.05) is 46.2 Å². The van der Waals surface area contributed by atoms with E-state index in [0.717, 1.165) is 31.4 Å². The number of nitrogens with zero attached hydrogens (tertiary/aromatic N) is 2. The first-order valence-electron chi connectivity index (χ1n) is 7.11. The largest absolute Gasteiger partial charge is 0.388 e. The lowest BCUT2D eigenvalue weighted by atomic mass is 9.89. The van der Waals surface area contributed by atoms with Crippen LogP contribution in [0, 0.1) is 22.7 Å². The van der Waals surface area contributed by atoms with Gasteiger partial charge in [-0.2, -0.15) is 5.26 Å². The minimum Gasteiger partial charge on any atom is -0.388 e. The zero-order chi connectivity index (χ0) is 14.5. The molecule has 1 N–H and O–H groups in total. The lowest BCUT2D eigenvalue weighted by molar-refractivity contribution is 0.127. The van der Waals surface area contributed by atoms with Crippen molar-refractivity contribution in [1.29, 1.82) is 5.26 Å². The van der Waals surface area contributed by atoms with Crippen molar-refractivity contribution in [1.82, 2.24) is 4.57 Å². The van der Waals surface area contributed by atoms with Crippen molar-refractivity contribution in [3.63, 3.8) is 0 Å². The third-order valence-electron chi connectivity index (χ3n) is 3.52. The van der Waals surface area contributed by atoms with Gasteiger partial charge in [-0.05, 0) is 44.2 Å². The summed E-state index contributed by atoms with van der Waals surface area (Å²) in [4.78, 5) is 0. The zero-order valence-corrected chi connectivity index (χ0v) is 12.6. The Morgan fingerprint density at radius 1 is 1.37 bits per heavy atom. The van der Waals surface area contributed by atoms with Crippen LogP contribution < -0.4 is 0 Å². The number of aliphatic hydroxyl groups excluding tert-OH is 1. The first-order chi connectivity index (χ1) is 8.85. The van der Waals surface area contributed by atoms with Gasteiger partial charge in [0.2, 0.25) is 0 Å². The summed E-state index contributed by atoms with van der Waals surface area (Å²) in [6.07, 6.45) is 6.74. The third kappa shape index (κ3) is 5.08. The van der Waals surface area contributed by atoms with E-state index in [4.69, 9.17) is 5.26 Å². The van der Waals surface area contributed by atoms with Crippen molar-refractivity contribution >= 4 is 0 Å². The Hall–Kier alpha value is -1.27. The second-order valence-electron chi connectivity index (χ2n) is 6.32. The molecule has 0 aliphatic heterocycles. The summed E-state index contributed by atoms with van der Waals surface area (Å²) in [6, 6.07) is 4.32. The van der Waals surface area contributed by atoms with Crippen LogP contribution in [0.4, 0.5) is 0 Å². The molecule has 0 aliphatic rings. The Balaban J connectivity index is 2.37. The van der Waals surface area contributed by atoms with E-state index in [2.05, 4.69) is 10.6 Å². The molecule has 0 bridgehead atoms. The molecule has 106 valence electrons. The molecular formula is C16H26N2O. The number of aryl methyl sites for hydroxylation is 1. The highest BCUT2D eigenvalue weighted by atomic mass is 16.3. The minimum absolute atomic E-state index is 0.213. The molecule has 0 saturated heterocycles. The van der Waals surface area contributed by atoms with Crippen LogP contribution in [-0.2, 0) is 6.54 Å². The van der Waals surface area contributed by atoms with Gasteiger partial charge >= 0.3 is 0 Å². The first kappa shape index (κ1) is 15.8. The van der Waals surface area contributed by atoms with E-state index < -0.39 is 0 Å². The quantitative estimate of drug-likeness (QED) is 0.758. The molecule has 3 nitrogen and oxygen atoms in total. The van der Waals surface area contributed by atoms with E-state index in [-0.39, 0.29) is 17.4 Å². The van der Waals surface area contributed by atoms with Gasteiger partial charge in [0.1, 0.15) is 0 Å². The van der Waals surface area contributed by atoms with Crippen molar-refractivity contribution in [2.75, 3.05) is 0 Å². The molecule has 0 aromatic carbocycles. The van der Waals surface area contributed by atoms with Crippen molar-refractivity contribution in [2.45, 2.75) is 59.6 Å². The number of rotatable bonds is 7. The van der Waals surface area contributed by atoms with Gasteiger partial charge in [-0.1, -0.05) is 20.3 Å². The molecule has 0 amide bonds. The summed E-state index contributed by atoms with van der Waals surface area (Å²) in [5.41, 5.74) is 0.780. The highest BCUT2D eigenvalue weighted by Gasteiger charge is 2.16. The molecule has 1 aromatic rings. The fraction of sp³-hybridized carbons (Fsp3) is 0.688. The standard InChI is InChI=1S/C16H26N2O/c1-13(2)15(19)14-7-10-18(11-14)9-6-5-8-16(3,4)12-17/h7,10-11,13,15,19H,5-6,8-9H2,1-4H3. The van der Waals surface area contributed by atoms with Crippen molar-refractivity contribution in [2.24, 2.45) is 11.3 Å². The highest BCUT2D eigenvalue weighted by Crippen LogP contribution is 2.23. The molecule has 0 fully saturated rings. The highest BCUT2D eigenvalue weighted by molar-refractivity contribution is 5.14. The Morgan fingerprint density at radius 3 is 2.63 bits per heavy atom. The monoisotopic (exact) mass is 262 g/mol. The maximum absolute atomic E-state index is 9.97. The lowest BCUT2D eigenvalue weighted by Crippen LogP contribution is -2.08. The molecular weight excluding hydrogens is 236 g/mol. The van der Waals surface area contributed by atoms with Crippen molar-refractivity contribution < 1.29 is 5.11 Å². The SMILES string of the molecule is CC(C)C(O)c1ccn(CCCCC(C)(C)C#N)c1. The number of aromatic nitrogens is 1. The van der Waals surface area contributed by atoms with Gasteiger partial charge in [0.05, 0.1) is 17.6 Å².